The highest BCUT2D eigenvalue weighted by Crippen LogP contribution is 2.29. The van der Waals surface area contributed by atoms with Crippen molar-refractivity contribution < 1.29 is 19.4 Å². The number of ether oxygens (including phenoxy) is 2. The van der Waals surface area contributed by atoms with E-state index in [4.69, 9.17) is 9.47 Å². The summed E-state index contributed by atoms with van der Waals surface area (Å²) in [5.41, 5.74) is 0.764. The maximum absolute atomic E-state index is 11.0. The Hall–Kier alpha value is -1.75. The summed E-state index contributed by atoms with van der Waals surface area (Å²) in [6, 6.07) is 4.80. The molecule has 5 nitrogen and oxygen atoms in total. The quantitative estimate of drug-likeness (QED) is 0.800. The molecule has 1 aromatic rings. The van der Waals surface area contributed by atoms with Crippen molar-refractivity contribution in [3.63, 3.8) is 0 Å². The molecule has 1 unspecified atom stereocenters. The molecule has 0 saturated heterocycles. The summed E-state index contributed by atoms with van der Waals surface area (Å²) >= 11 is 0. The van der Waals surface area contributed by atoms with Gasteiger partial charge >= 0.3 is 0 Å². The fourth-order valence-corrected chi connectivity index (χ4v) is 1.55. The highest BCUT2D eigenvalue weighted by Gasteiger charge is 2.14. The molecule has 0 fully saturated rings. The van der Waals surface area contributed by atoms with Crippen LogP contribution in [0, 0.1) is 0 Å². The Morgan fingerprint density at radius 3 is 2.47 bits per heavy atom. The number of hydrogen-bond acceptors (Lipinski definition) is 4. The SMILES string of the molecule is COc1ccc(C(CO)NC(C)=O)cc1OC. The zero-order valence-corrected chi connectivity index (χ0v) is 10.2. The predicted molar refractivity (Wildman–Crippen MR) is 63.2 cm³/mol. The predicted octanol–water partition coefficient (Wildman–Crippen LogP) is 0.873. The molecule has 5 heteroatoms. The molecular weight excluding hydrogens is 222 g/mol. The lowest BCUT2D eigenvalue weighted by atomic mass is 10.1. The van der Waals surface area contributed by atoms with E-state index in [0.717, 1.165) is 5.56 Å². The average Bonchev–Trinajstić information content (AvgIpc) is 2.34. The van der Waals surface area contributed by atoms with Gasteiger partial charge in [-0.15, -0.1) is 0 Å². The van der Waals surface area contributed by atoms with Gasteiger partial charge in [0.25, 0.3) is 0 Å². The highest BCUT2D eigenvalue weighted by atomic mass is 16.5. The van der Waals surface area contributed by atoms with Crippen molar-refractivity contribution in [2.75, 3.05) is 20.8 Å². The van der Waals surface area contributed by atoms with Gasteiger partial charge in [-0.05, 0) is 17.7 Å². The smallest absolute Gasteiger partial charge is 0.217 e. The summed E-state index contributed by atoms with van der Waals surface area (Å²) in [4.78, 5) is 11.0. The van der Waals surface area contributed by atoms with E-state index in [2.05, 4.69) is 5.32 Å². The average molecular weight is 239 g/mol. The number of aliphatic hydroxyl groups excluding tert-OH is 1. The van der Waals surface area contributed by atoms with E-state index < -0.39 is 6.04 Å². The molecule has 0 spiro atoms. The number of methoxy groups -OCH3 is 2. The first-order chi connectivity index (χ1) is 8.12. The molecule has 17 heavy (non-hydrogen) atoms. The molecule has 0 heterocycles. The Morgan fingerprint density at radius 2 is 2.00 bits per heavy atom. The van der Waals surface area contributed by atoms with Gasteiger partial charge in [0.05, 0.1) is 26.9 Å². The first-order valence-electron chi connectivity index (χ1n) is 5.22. The topological polar surface area (TPSA) is 67.8 Å². The third-order valence-electron chi connectivity index (χ3n) is 2.37. The van der Waals surface area contributed by atoms with Crippen LogP contribution in [-0.4, -0.2) is 31.8 Å². The zero-order valence-electron chi connectivity index (χ0n) is 10.2. The van der Waals surface area contributed by atoms with Gasteiger partial charge in [0.1, 0.15) is 0 Å². The van der Waals surface area contributed by atoms with Gasteiger partial charge in [-0.3, -0.25) is 4.79 Å². The van der Waals surface area contributed by atoms with E-state index in [0.29, 0.717) is 11.5 Å². The standard InChI is InChI=1S/C12H17NO4/c1-8(15)13-10(7-14)9-4-5-11(16-2)12(6-9)17-3/h4-6,10,14H,7H2,1-3H3,(H,13,15). The summed E-state index contributed by atoms with van der Waals surface area (Å²) < 4.78 is 10.3. The van der Waals surface area contributed by atoms with Gasteiger partial charge in [0.2, 0.25) is 5.91 Å². The van der Waals surface area contributed by atoms with Crippen LogP contribution in [0.3, 0.4) is 0 Å². The lowest BCUT2D eigenvalue weighted by molar-refractivity contribution is -0.120. The van der Waals surface area contributed by atoms with Crippen molar-refractivity contribution in [1.82, 2.24) is 5.32 Å². The van der Waals surface area contributed by atoms with Gasteiger partial charge in [0.15, 0.2) is 11.5 Å². The van der Waals surface area contributed by atoms with Crippen LogP contribution < -0.4 is 14.8 Å². The van der Waals surface area contributed by atoms with Crippen LogP contribution in [0.4, 0.5) is 0 Å². The molecular formula is C12H17NO4. The molecule has 1 atom stereocenters. The first kappa shape index (κ1) is 13.3. The second kappa shape index (κ2) is 6.10. The molecule has 0 saturated carbocycles. The minimum Gasteiger partial charge on any atom is -0.493 e. The summed E-state index contributed by atoms with van der Waals surface area (Å²) in [5.74, 6) is 0.975. The van der Waals surface area contributed by atoms with Crippen LogP contribution in [-0.2, 0) is 4.79 Å². The second-order valence-electron chi connectivity index (χ2n) is 3.55. The number of aliphatic hydroxyl groups is 1. The van der Waals surface area contributed by atoms with Gasteiger partial charge in [-0.1, -0.05) is 6.07 Å². The van der Waals surface area contributed by atoms with Crippen molar-refractivity contribution in [3.05, 3.63) is 23.8 Å². The van der Waals surface area contributed by atoms with E-state index in [-0.39, 0.29) is 12.5 Å². The van der Waals surface area contributed by atoms with Crippen LogP contribution in [0.5, 0.6) is 11.5 Å². The molecule has 1 rings (SSSR count). The number of rotatable bonds is 5. The number of carbonyl (C=O) groups excluding carboxylic acids is 1. The molecule has 1 aromatic carbocycles. The molecule has 1 amide bonds. The van der Waals surface area contributed by atoms with Crippen molar-refractivity contribution in [2.24, 2.45) is 0 Å². The number of benzene rings is 1. The van der Waals surface area contributed by atoms with Crippen LogP contribution >= 0.6 is 0 Å². The molecule has 94 valence electrons. The van der Waals surface area contributed by atoms with Crippen molar-refractivity contribution in [3.8, 4) is 11.5 Å². The van der Waals surface area contributed by atoms with Crippen molar-refractivity contribution in [2.45, 2.75) is 13.0 Å². The maximum atomic E-state index is 11.0. The Morgan fingerprint density at radius 1 is 1.35 bits per heavy atom. The minimum atomic E-state index is -0.438. The largest absolute Gasteiger partial charge is 0.493 e. The number of carbonyl (C=O) groups is 1. The van der Waals surface area contributed by atoms with E-state index in [1.54, 1.807) is 25.3 Å². The Labute approximate surface area is 100 Å². The van der Waals surface area contributed by atoms with Gasteiger partial charge < -0.3 is 19.9 Å². The van der Waals surface area contributed by atoms with Crippen molar-refractivity contribution >= 4 is 5.91 Å². The number of nitrogens with one attached hydrogen (secondary N) is 1. The van der Waals surface area contributed by atoms with Crippen molar-refractivity contribution in [1.29, 1.82) is 0 Å². The molecule has 2 N–H and O–H groups in total. The Balaban J connectivity index is 3.00. The molecule has 0 bridgehead atoms. The molecule has 0 radical (unpaired) electrons. The number of amides is 1. The lowest BCUT2D eigenvalue weighted by Crippen LogP contribution is -2.28. The van der Waals surface area contributed by atoms with Crippen LogP contribution in [0.2, 0.25) is 0 Å². The Kier molecular flexibility index (Phi) is 4.78. The van der Waals surface area contributed by atoms with Gasteiger partial charge in [-0.25, -0.2) is 0 Å². The molecule has 0 aliphatic heterocycles. The summed E-state index contributed by atoms with van der Waals surface area (Å²) in [6.07, 6.45) is 0. The minimum absolute atomic E-state index is 0.172. The monoisotopic (exact) mass is 239 g/mol. The molecule has 0 aliphatic rings. The number of hydrogen-bond donors (Lipinski definition) is 2. The second-order valence-corrected chi connectivity index (χ2v) is 3.55. The molecule has 0 aliphatic carbocycles. The van der Waals surface area contributed by atoms with E-state index in [9.17, 15) is 9.90 Å². The van der Waals surface area contributed by atoms with E-state index in [1.807, 2.05) is 0 Å². The fourth-order valence-electron chi connectivity index (χ4n) is 1.55. The van der Waals surface area contributed by atoms with Gasteiger partial charge in [0, 0.05) is 6.92 Å². The summed E-state index contributed by atoms with van der Waals surface area (Å²) in [5, 5.41) is 11.9. The summed E-state index contributed by atoms with van der Waals surface area (Å²) in [7, 11) is 3.09. The highest BCUT2D eigenvalue weighted by molar-refractivity contribution is 5.73. The first-order valence-corrected chi connectivity index (χ1v) is 5.22. The van der Waals surface area contributed by atoms with E-state index in [1.165, 1.54) is 14.0 Å². The summed E-state index contributed by atoms with van der Waals surface area (Å²) in [6.45, 7) is 1.23. The third-order valence-corrected chi connectivity index (χ3v) is 2.37. The normalized spacial score (nSPS) is 11.8. The fraction of sp³-hybridized carbons (Fsp3) is 0.417. The van der Waals surface area contributed by atoms with Crippen LogP contribution in [0.25, 0.3) is 0 Å². The Bertz CT molecular complexity index is 392. The zero-order chi connectivity index (χ0) is 12.8. The van der Waals surface area contributed by atoms with Crippen LogP contribution in [0.15, 0.2) is 18.2 Å². The maximum Gasteiger partial charge on any atom is 0.217 e. The van der Waals surface area contributed by atoms with Gasteiger partial charge in [-0.2, -0.15) is 0 Å². The lowest BCUT2D eigenvalue weighted by Gasteiger charge is -2.17. The third kappa shape index (κ3) is 3.35. The van der Waals surface area contributed by atoms with E-state index >= 15 is 0 Å². The van der Waals surface area contributed by atoms with Crippen LogP contribution in [0.1, 0.15) is 18.5 Å². The molecule has 0 aromatic heterocycles.